The highest BCUT2D eigenvalue weighted by Crippen LogP contribution is 2.31. The third kappa shape index (κ3) is 5.47. The largest absolute Gasteiger partial charge is 0.478 e. The molecule has 2 N–H and O–H groups in total. The minimum absolute atomic E-state index is 0.0546. The second-order valence-corrected chi connectivity index (χ2v) is 10.5. The van der Waals surface area contributed by atoms with Gasteiger partial charge in [-0.25, -0.2) is 18.2 Å². The second kappa shape index (κ2) is 10.1. The van der Waals surface area contributed by atoms with Gasteiger partial charge in [0, 0.05) is 25.3 Å². The predicted octanol–water partition coefficient (Wildman–Crippen LogP) is 3.60. The normalized spacial score (nSPS) is 18.3. The van der Waals surface area contributed by atoms with Crippen molar-refractivity contribution in [1.82, 2.24) is 9.88 Å². The summed E-state index contributed by atoms with van der Waals surface area (Å²) in [7, 11) is -3.89. The van der Waals surface area contributed by atoms with Crippen LogP contribution in [0.25, 0.3) is 0 Å². The van der Waals surface area contributed by atoms with Gasteiger partial charge in [0.2, 0.25) is 0 Å². The first-order valence-corrected chi connectivity index (χ1v) is 13.2. The average molecular weight is 473 g/mol. The van der Waals surface area contributed by atoms with E-state index < -0.39 is 16.0 Å². The van der Waals surface area contributed by atoms with Crippen LogP contribution in [0.2, 0.25) is 0 Å². The molecule has 2 aliphatic heterocycles. The molecule has 2 aliphatic rings. The second-order valence-electron chi connectivity index (χ2n) is 8.82. The van der Waals surface area contributed by atoms with Crippen molar-refractivity contribution in [2.75, 3.05) is 35.8 Å². The number of likely N-dealkylation sites (tertiary alicyclic amines) is 1. The average Bonchev–Trinajstić information content (AvgIpc) is 2.84. The minimum Gasteiger partial charge on any atom is -0.478 e. The van der Waals surface area contributed by atoms with Gasteiger partial charge in [-0.2, -0.15) is 0 Å². The summed E-state index contributed by atoms with van der Waals surface area (Å²) in [5.41, 5.74) is 1.19. The summed E-state index contributed by atoms with van der Waals surface area (Å²) >= 11 is 0. The van der Waals surface area contributed by atoms with Crippen molar-refractivity contribution < 1.29 is 18.3 Å². The third-order valence-electron chi connectivity index (χ3n) is 6.67. The molecule has 0 amide bonds. The molecule has 1 aromatic carbocycles. The Morgan fingerprint density at radius 2 is 1.76 bits per heavy atom. The highest BCUT2D eigenvalue weighted by atomic mass is 32.2. The molecule has 3 heterocycles. The van der Waals surface area contributed by atoms with Gasteiger partial charge in [-0.05, 0) is 69.0 Å². The van der Waals surface area contributed by atoms with E-state index in [9.17, 15) is 18.3 Å². The molecule has 2 fully saturated rings. The highest BCUT2D eigenvalue weighted by Gasteiger charge is 2.28. The predicted molar refractivity (Wildman–Crippen MR) is 128 cm³/mol. The molecular weight excluding hydrogens is 440 g/mol. The number of hydrogen-bond acceptors (Lipinski definition) is 6. The van der Waals surface area contributed by atoms with E-state index in [1.165, 1.54) is 31.5 Å². The lowest BCUT2D eigenvalue weighted by atomic mass is 10.00. The maximum Gasteiger partial charge on any atom is 0.337 e. The number of carboxylic acid groups (broad SMARTS) is 1. The van der Waals surface area contributed by atoms with Gasteiger partial charge >= 0.3 is 5.97 Å². The molecule has 0 spiro atoms. The summed E-state index contributed by atoms with van der Waals surface area (Å²) in [6, 6.07) is 8.61. The quantitative estimate of drug-likeness (QED) is 0.635. The summed E-state index contributed by atoms with van der Waals surface area (Å²) < 4.78 is 28.7. The van der Waals surface area contributed by atoms with E-state index >= 15 is 0 Å². The summed E-state index contributed by atoms with van der Waals surface area (Å²) in [6.45, 7) is 5.81. The van der Waals surface area contributed by atoms with Gasteiger partial charge in [0.05, 0.1) is 16.1 Å². The smallest absolute Gasteiger partial charge is 0.337 e. The van der Waals surface area contributed by atoms with Crippen molar-refractivity contribution in [1.29, 1.82) is 0 Å². The van der Waals surface area contributed by atoms with Gasteiger partial charge in [0.1, 0.15) is 0 Å². The van der Waals surface area contributed by atoms with Crippen LogP contribution in [0.15, 0.2) is 41.4 Å². The van der Waals surface area contributed by atoms with Gasteiger partial charge in [-0.3, -0.25) is 4.72 Å². The number of aryl methyl sites for hydroxylation is 1. The number of carboxylic acids is 1. The number of aromatic nitrogens is 1. The number of sulfonamides is 1. The first-order chi connectivity index (χ1) is 15.9. The monoisotopic (exact) mass is 472 g/mol. The van der Waals surface area contributed by atoms with E-state index in [0.29, 0.717) is 11.9 Å². The Hall–Kier alpha value is -2.65. The summed E-state index contributed by atoms with van der Waals surface area (Å²) in [6.07, 6.45) is 7.88. The first-order valence-electron chi connectivity index (χ1n) is 11.7. The van der Waals surface area contributed by atoms with Crippen molar-refractivity contribution in [3.05, 3.63) is 47.7 Å². The maximum absolute atomic E-state index is 13.1. The number of aromatic carboxylic acids is 1. The topological polar surface area (TPSA) is 103 Å². The molecule has 178 valence electrons. The highest BCUT2D eigenvalue weighted by molar-refractivity contribution is 7.92. The van der Waals surface area contributed by atoms with E-state index in [1.807, 2.05) is 6.92 Å². The van der Waals surface area contributed by atoms with E-state index in [2.05, 4.69) is 19.5 Å². The molecule has 0 bridgehead atoms. The minimum atomic E-state index is -3.89. The van der Waals surface area contributed by atoms with E-state index in [4.69, 9.17) is 0 Å². The van der Waals surface area contributed by atoms with Crippen LogP contribution < -0.4 is 9.62 Å². The van der Waals surface area contributed by atoms with Gasteiger partial charge < -0.3 is 14.9 Å². The van der Waals surface area contributed by atoms with E-state index in [-0.39, 0.29) is 16.1 Å². The molecule has 8 nitrogen and oxygen atoms in total. The van der Waals surface area contributed by atoms with Crippen molar-refractivity contribution in [2.24, 2.45) is 0 Å². The van der Waals surface area contributed by atoms with Crippen molar-refractivity contribution in [3.63, 3.8) is 0 Å². The summed E-state index contributed by atoms with van der Waals surface area (Å²) in [5, 5.41) is 9.43. The lowest BCUT2D eigenvalue weighted by Crippen LogP contribution is -2.47. The molecule has 0 saturated carbocycles. The Morgan fingerprint density at radius 1 is 1.09 bits per heavy atom. The number of hydrogen-bond donors (Lipinski definition) is 2. The number of benzene rings is 1. The summed E-state index contributed by atoms with van der Waals surface area (Å²) in [5.74, 6) is -0.670. The number of carbonyl (C=O) groups is 1. The van der Waals surface area contributed by atoms with Gasteiger partial charge in [0.25, 0.3) is 10.0 Å². The van der Waals surface area contributed by atoms with Crippen LogP contribution in [0, 0.1) is 0 Å². The van der Waals surface area contributed by atoms with Gasteiger partial charge in [-0.15, -0.1) is 0 Å². The standard InChI is InChI=1S/C24H32N4O4S/c1-2-18-6-8-21(9-7-18)33(31,32)26-22-16-19(24(29)30)17-25-23(22)28-14-10-20(11-15-28)27-12-4-3-5-13-27/h6-9,16-17,20,26H,2-5,10-15H2,1H3,(H,29,30). The molecule has 0 aliphatic carbocycles. The van der Waals surface area contributed by atoms with Crippen LogP contribution in [0.1, 0.15) is 54.9 Å². The lowest BCUT2D eigenvalue weighted by Gasteiger charge is -2.40. The van der Waals surface area contributed by atoms with Crippen LogP contribution >= 0.6 is 0 Å². The van der Waals surface area contributed by atoms with E-state index in [1.54, 1.807) is 24.3 Å². The van der Waals surface area contributed by atoms with Crippen molar-refractivity contribution in [2.45, 2.75) is 56.4 Å². The number of nitrogens with one attached hydrogen (secondary N) is 1. The molecule has 0 unspecified atom stereocenters. The fourth-order valence-electron chi connectivity index (χ4n) is 4.74. The number of pyridine rings is 1. The zero-order valence-electron chi connectivity index (χ0n) is 19.0. The molecule has 4 rings (SSSR count). The SMILES string of the molecule is CCc1ccc(S(=O)(=O)Nc2cc(C(=O)O)cnc2N2CCC(N3CCCCC3)CC2)cc1. The zero-order valence-corrected chi connectivity index (χ0v) is 19.9. The lowest BCUT2D eigenvalue weighted by molar-refractivity contribution is 0.0696. The molecule has 2 saturated heterocycles. The molecule has 9 heteroatoms. The Labute approximate surface area is 195 Å². The fourth-order valence-corrected chi connectivity index (χ4v) is 5.79. The number of piperidine rings is 2. The van der Waals surface area contributed by atoms with E-state index in [0.717, 1.165) is 51.0 Å². The summed E-state index contributed by atoms with van der Waals surface area (Å²) in [4.78, 5) is 20.7. The van der Waals surface area contributed by atoms with Crippen molar-refractivity contribution >= 4 is 27.5 Å². The van der Waals surface area contributed by atoms with Crippen molar-refractivity contribution in [3.8, 4) is 0 Å². The molecule has 0 radical (unpaired) electrons. The zero-order chi connectivity index (χ0) is 23.4. The Balaban J connectivity index is 1.55. The molecule has 33 heavy (non-hydrogen) atoms. The Morgan fingerprint density at radius 3 is 2.36 bits per heavy atom. The Bertz CT molecular complexity index is 1070. The first kappa shape index (κ1) is 23.5. The molecule has 2 aromatic rings. The van der Waals surface area contributed by atoms with Crippen LogP contribution in [-0.2, 0) is 16.4 Å². The van der Waals surface area contributed by atoms with Gasteiger partial charge in [-0.1, -0.05) is 25.5 Å². The number of anilines is 2. The van der Waals surface area contributed by atoms with Crippen LogP contribution in [0.4, 0.5) is 11.5 Å². The van der Waals surface area contributed by atoms with Crippen LogP contribution in [0.5, 0.6) is 0 Å². The van der Waals surface area contributed by atoms with Crippen LogP contribution in [0.3, 0.4) is 0 Å². The fraction of sp³-hybridized carbons (Fsp3) is 0.500. The third-order valence-corrected chi connectivity index (χ3v) is 8.05. The van der Waals surface area contributed by atoms with Crippen LogP contribution in [-0.4, -0.2) is 61.6 Å². The molecular formula is C24H32N4O4S. The number of rotatable bonds is 7. The Kier molecular flexibility index (Phi) is 7.19. The number of nitrogens with zero attached hydrogens (tertiary/aromatic N) is 3. The molecule has 0 atom stereocenters. The molecule has 1 aromatic heterocycles. The maximum atomic E-state index is 13.1. The van der Waals surface area contributed by atoms with Gasteiger partial charge in [0.15, 0.2) is 5.82 Å².